The van der Waals surface area contributed by atoms with Crippen LogP contribution in [0.3, 0.4) is 0 Å². The third-order valence-electron chi connectivity index (χ3n) is 2.24. The predicted molar refractivity (Wildman–Crippen MR) is 63.3 cm³/mol. The number of methoxy groups -OCH3 is 1. The molecule has 0 aliphatic carbocycles. The molecule has 0 spiro atoms. The molecule has 0 radical (unpaired) electrons. The molecule has 0 unspecified atom stereocenters. The highest BCUT2D eigenvalue weighted by Crippen LogP contribution is 2.05. The molecular weight excluding hydrogens is 220 g/mol. The molecule has 17 heavy (non-hydrogen) atoms. The Labute approximate surface area is 99.9 Å². The van der Waals surface area contributed by atoms with E-state index >= 15 is 0 Å². The van der Waals surface area contributed by atoms with E-state index in [1.165, 1.54) is 7.11 Å². The number of nitrogens with two attached hydrogens (primary N) is 1. The second-order valence-electron chi connectivity index (χ2n) is 3.50. The monoisotopic (exact) mass is 236 g/mol. The highest BCUT2D eigenvalue weighted by atomic mass is 16.5. The van der Waals surface area contributed by atoms with Crippen molar-refractivity contribution in [1.82, 2.24) is 5.32 Å². The Morgan fingerprint density at radius 2 is 1.94 bits per heavy atom. The molecule has 5 heteroatoms. The number of ether oxygens (including phenoxy) is 1. The van der Waals surface area contributed by atoms with Crippen LogP contribution in [-0.4, -0.2) is 25.5 Å². The Hall–Kier alpha value is -1.88. The second kappa shape index (κ2) is 6.65. The molecule has 0 saturated carbocycles. The molecule has 0 bridgehead atoms. The zero-order valence-electron chi connectivity index (χ0n) is 9.73. The molecule has 5 nitrogen and oxygen atoms in total. The van der Waals surface area contributed by atoms with Crippen molar-refractivity contribution in [3.63, 3.8) is 0 Å². The minimum absolute atomic E-state index is 0.0791. The highest BCUT2D eigenvalue weighted by Gasteiger charge is 2.04. The van der Waals surface area contributed by atoms with E-state index in [0.717, 1.165) is 5.56 Å². The average molecular weight is 236 g/mol. The first-order valence-electron chi connectivity index (χ1n) is 5.31. The van der Waals surface area contributed by atoms with Gasteiger partial charge in [-0.3, -0.25) is 4.79 Å². The number of hydrogen-bond acceptors (Lipinski definition) is 4. The van der Waals surface area contributed by atoms with Gasteiger partial charge in [0.1, 0.15) is 0 Å². The van der Waals surface area contributed by atoms with Crippen LogP contribution in [0.4, 0.5) is 0 Å². The molecule has 0 atom stereocenters. The SMILES string of the molecule is COC(=O)c1ccc(CNC(=O)CCN)cc1. The van der Waals surface area contributed by atoms with E-state index in [2.05, 4.69) is 10.1 Å². The molecule has 0 aliphatic heterocycles. The fourth-order valence-electron chi connectivity index (χ4n) is 1.30. The van der Waals surface area contributed by atoms with Gasteiger partial charge in [0.15, 0.2) is 0 Å². The normalized spacial score (nSPS) is 9.76. The van der Waals surface area contributed by atoms with Gasteiger partial charge in [-0.2, -0.15) is 0 Å². The van der Waals surface area contributed by atoms with Crippen molar-refractivity contribution in [2.24, 2.45) is 5.73 Å². The summed E-state index contributed by atoms with van der Waals surface area (Å²) in [6, 6.07) is 6.87. The maximum absolute atomic E-state index is 11.2. The standard InChI is InChI=1S/C12H16N2O3/c1-17-12(16)10-4-2-9(3-5-10)8-14-11(15)6-7-13/h2-5H,6-8,13H2,1H3,(H,14,15). The van der Waals surface area contributed by atoms with E-state index in [-0.39, 0.29) is 11.9 Å². The van der Waals surface area contributed by atoms with E-state index < -0.39 is 0 Å². The lowest BCUT2D eigenvalue weighted by molar-refractivity contribution is -0.121. The molecule has 1 rings (SSSR count). The fraction of sp³-hybridized carbons (Fsp3) is 0.333. The molecule has 0 aromatic heterocycles. The zero-order chi connectivity index (χ0) is 12.7. The fourth-order valence-corrected chi connectivity index (χ4v) is 1.30. The van der Waals surface area contributed by atoms with Crippen molar-refractivity contribution in [3.8, 4) is 0 Å². The average Bonchev–Trinajstić information content (AvgIpc) is 2.36. The van der Waals surface area contributed by atoms with Gasteiger partial charge in [0.25, 0.3) is 0 Å². The summed E-state index contributed by atoms with van der Waals surface area (Å²) in [5.41, 5.74) is 6.66. The largest absolute Gasteiger partial charge is 0.465 e. The van der Waals surface area contributed by atoms with Gasteiger partial charge in [-0.1, -0.05) is 12.1 Å². The number of amides is 1. The van der Waals surface area contributed by atoms with Gasteiger partial charge >= 0.3 is 5.97 Å². The van der Waals surface area contributed by atoms with Crippen molar-refractivity contribution in [1.29, 1.82) is 0 Å². The topological polar surface area (TPSA) is 81.4 Å². The molecule has 0 saturated heterocycles. The minimum atomic E-state index is -0.372. The van der Waals surface area contributed by atoms with Gasteiger partial charge in [0.2, 0.25) is 5.91 Å². The van der Waals surface area contributed by atoms with E-state index in [1.807, 2.05) is 0 Å². The van der Waals surface area contributed by atoms with Crippen molar-refractivity contribution in [3.05, 3.63) is 35.4 Å². The van der Waals surface area contributed by atoms with Crippen molar-refractivity contribution in [2.75, 3.05) is 13.7 Å². The Bertz CT molecular complexity index is 387. The highest BCUT2D eigenvalue weighted by molar-refractivity contribution is 5.89. The van der Waals surface area contributed by atoms with Crippen LogP contribution in [-0.2, 0) is 16.1 Å². The molecule has 1 aromatic rings. The molecular formula is C12H16N2O3. The zero-order valence-corrected chi connectivity index (χ0v) is 9.73. The third-order valence-corrected chi connectivity index (χ3v) is 2.24. The summed E-state index contributed by atoms with van der Waals surface area (Å²) in [4.78, 5) is 22.3. The van der Waals surface area contributed by atoms with Crippen LogP contribution in [0.25, 0.3) is 0 Å². The van der Waals surface area contributed by atoms with Gasteiger partial charge in [-0.25, -0.2) is 4.79 Å². The molecule has 92 valence electrons. The summed E-state index contributed by atoms with van der Waals surface area (Å²) in [6.45, 7) is 0.771. The summed E-state index contributed by atoms with van der Waals surface area (Å²) in [5.74, 6) is -0.451. The first-order valence-corrected chi connectivity index (χ1v) is 5.31. The molecule has 3 N–H and O–H groups in total. The first-order chi connectivity index (χ1) is 8.17. The molecule has 0 heterocycles. The number of carbonyl (C=O) groups excluding carboxylic acids is 2. The van der Waals surface area contributed by atoms with Crippen molar-refractivity contribution in [2.45, 2.75) is 13.0 Å². The summed E-state index contributed by atoms with van der Waals surface area (Å²) < 4.78 is 4.58. The number of carbonyl (C=O) groups is 2. The number of esters is 1. The second-order valence-corrected chi connectivity index (χ2v) is 3.50. The maximum atomic E-state index is 11.2. The summed E-state index contributed by atoms with van der Waals surface area (Å²) in [7, 11) is 1.34. The van der Waals surface area contributed by atoms with Crippen LogP contribution in [0.15, 0.2) is 24.3 Å². The summed E-state index contributed by atoms with van der Waals surface area (Å²) in [5, 5.41) is 2.73. The van der Waals surface area contributed by atoms with Gasteiger partial charge in [0.05, 0.1) is 12.7 Å². The third kappa shape index (κ3) is 4.24. The number of benzene rings is 1. The maximum Gasteiger partial charge on any atom is 0.337 e. The Morgan fingerprint density at radius 1 is 1.29 bits per heavy atom. The Morgan fingerprint density at radius 3 is 2.47 bits per heavy atom. The smallest absolute Gasteiger partial charge is 0.337 e. The summed E-state index contributed by atoms with van der Waals surface area (Å²) >= 11 is 0. The van der Waals surface area contributed by atoms with Gasteiger partial charge in [0, 0.05) is 19.5 Å². The molecule has 1 amide bonds. The lowest BCUT2D eigenvalue weighted by atomic mass is 10.1. The molecule has 1 aromatic carbocycles. The first kappa shape index (κ1) is 13.2. The number of rotatable bonds is 5. The lowest BCUT2D eigenvalue weighted by Crippen LogP contribution is -2.24. The quantitative estimate of drug-likeness (QED) is 0.727. The molecule has 0 fully saturated rings. The van der Waals surface area contributed by atoms with E-state index in [1.54, 1.807) is 24.3 Å². The van der Waals surface area contributed by atoms with Crippen LogP contribution >= 0.6 is 0 Å². The molecule has 0 aliphatic rings. The van der Waals surface area contributed by atoms with Crippen LogP contribution in [0.2, 0.25) is 0 Å². The van der Waals surface area contributed by atoms with Gasteiger partial charge in [-0.05, 0) is 17.7 Å². The van der Waals surface area contributed by atoms with E-state index in [4.69, 9.17) is 5.73 Å². The minimum Gasteiger partial charge on any atom is -0.465 e. The summed E-state index contributed by atoms with van der Waals surface area (Å²) in [6.07, 6.45) is 0.320. The van der Waals surface area contributed by atoms with Gasteiger partial charge in [-0.15, -0.1) is 0 Å². The number of nitrogens with one attached hydrogen (secondary N) is 1. The van der Waals surface area contributed by atoms with Crippen LogP contribution in [0.5, 0.6) is 0 Å². The van der Waals surface area contributed by atoms with Crippen LogP contribution < -0.4 is 11.1 Å². The van der Waals surface area contributed by atoms with Crippen molar-refractivity contribution >= 4 is 11.9 Å². The Balaban J connectivity index is 2.51. The Kier molecular flexibility index (Phi) is 5.16. The van der Waals surface area contributed by atoms with E-state index in [0.29, 0.717) is 25.1 Å². The lowest BCUT2D eigenvalue weighted by Gasteiger charge is -2.05. The number of hydrogen-bond donors (Lipinski definition) is 2. The van der Waals surface area contributed by atoms with Crippen LogP contribution in [0.1, 0.15) is 22.3 Å². The predicted octanol–water partition coefficient (Wildman–Crippen LogP) is 0.438. The van der Waals surface area contributed by atoms with Crippen molar-refractivity contribution < 1.29 is 14.3 Å². The van der Waals surface area contributed by atoms with Crippen LogP contribution in [0, 0.1) is 0 Å². The van der Waals surface area contributed by atoms with Gasteiger partial charge < -0.3 is 15.8 Å². The van der Waals surface area contributed by atoms with E-state index in [9.17, 15) is 9.59 Å².